The highest BCUT2D eigenvalue weighted by Gasteiger charge is 2.30. The molecule has 4 aromatic rings. The lowest BCUT2D eigenvalue weighted by atomic mass is 10.1. The van der Waals surface area contributed by atoms with Crippen molar-refractivity contribution in [2.75, 3.05) is 48.9 Å². The SMILES string of the molecule is C=C1COCCN(c2ccc3oc(-c4cnc(NC)c5cnc(NC(=O)C6CC6)cc45)nc3c2)C1. The van der Waals surface area contributed by atoms with Crippen molar-refractivity contribution in [2.45, 2.75) is 12.8 Å². The van der Waals surface area contributed by atoms with Gasteiger partial charge in [0.2, 0.25) is 11.8 Å². The molecule has 9 heteroatoms. The van der Waals surface area contributed by atoms with Gasteiger partial charge in [-0.2, -0.15) is 0 Å². The molecule has 35 heavy (non-hydrogen) atoms. The number of benzene rings is 1. The van der Waals surface area contributed by atoms with Crippen molar-refractivity contribution in [3.8, 4) is 11.5 Å². The monoisotopic (exact) mass is 470 g/mol. The first-order valence-corrected chi connectivity index (χ1v) is 11.8. The predicted octanol–water partition coefficient (Wildman–Crippen LogP) is 4.22. The number of ether oxygens (including phenoxy) is 1. The fourth-order valence-electron chi connectivity index (χ4n) is 4.38. The lowest BCUT2D eigenvalue weighted by Gasteiger charge is -2.22. The van der Waals surface area contributed by atoms with Gasteiger partial charge in [0.15, 0.2) is 5.58 Å². The summed E-state index contributed by atoms with van der Waals surface area (Å²) in [4.78, 5) is 28.3. The zero-order valence-electron chi connectivity index (χ0n) is 19.5. The number of aromatic nitrogens is 3. The molecule has 6 rings (SSSR count). The Kier molecular flexibility index (Phi) is 5.33. The number of carbonyl (C=O) groups is 1. The van der Waals surface area contributed by atoms with E-state index < -0.39 is 0 Å². The molecular formula is C26H26N6O3. The molecule has 1 saturated carbocycles. The average Bonchev–Trinajstić information content (AvgIpc) is 3.67. The quantitative estimate of drug-likeness (QED) is 0.418. The molecule has 178 valence electrons. The molecule has 0 unspecified atom stereocenters. The summed E-state index contributed by atoms with van der Waals surface area (Å²) in [5, 5.41) is 7.70. The fraction of sp³-hybridized carbons (Fsp3) is 0.308. The van der Waals surface area contributed by atoms with E-state index in [1.165, 1.54) is 0 Å². The van der Waals surface area contributed by atoms with E-state index in [0.29, 0.717) is 36.3 Å². The van der Waals surface area contributed by atoms with Crippen molar-refractivity contribution in [1.82, 2.24) is 15.0 Å². The highest BCUT2D eigenvalue weighted by molar-refractivity contribution is 6.03. The molecule has 1 saturated heterocycles. The summed E-state index contributed by atoms with van der Waals surface area (Å²) in [6.45, 7) is 6.88. The molecule has 0 bridgehead atoms. The molecule has 2 fully saturated rings. The van der Waals surface area contributed by atoms with Gasteiger partial charge in [-0.3, -0.25) is 4.79 Å². The lowest BCUT2D eigenvalue weighted by molar-refractivity contribution is -0.117. The molecule has 0 spiro atoms. The maximum atomic E-state index is 12.3. The average molecular weight is 471 g/mol. The number of carbonyl (C=O) groups excluding carboxylic acids is 1. The van der Waals surface area contributed by atoms with Gasteiger partial charge in [-0.15, -0.1) is 0 Å². The normalized spacial score (nSPS) is 16.5. The van der Waals surface area contributed by atoms with Crippen molar-refractivity contribution >= 4 is 45.1 Å². The van der Waals surface area contributed by atoms with Crippen molar-refractivity contribution < 1.29 is 13.9 Å². The molecule has 0 radical (unpaired) electrons. The van der Waals surface area contributed by atoms with Gasteiger partial charge in [-0.1, -0.05) is 6.58 Å². The highest BCUT2D eigenvalue weighted by Crippen LogP contribution is 2.35. The van der Waals surface area contributed by atoms with Crippen LogP contribution in [0.25, 0.3) is 33.3 Å². The Labute approximate surface area is 202 Å². The van der Waals surface area contributed by atoms with Crippen LogP contribution in [0.2, 0.25) is 0 Å². The van der Waals surface area contributed by atoms with Crippen molar-refractivity contribution in [2.24, 2.45) is 5.92 Å². The van der Waals surface area contributed by atoms with Gasteiger partial charge in [-0.25, -0.2) is 15.0 Å². The Morgan fingerprint density at radius 2 is 2.06 bits per heavy atom. The Morgan fingerprint density at radius 3 is 2.89 bits per heavy atom. The summed E-state index contributed by atoms with van der Waals surface area (Å²) in [5.74, 6) is 1.77. The minimum Gasteiger partial charge on any atom is -0.436 e. The minimum absolute atomic E-state index is 0.0114. The summed E-state index contributed by atoms with van der Waals surface area (Å²) in [5.41, 5.74) is 4.28. The highest BCUT2D eigenvalue weighted by atomic mass is 16.5. The smallest absolute Gasteiger partial charge is 0.229 e. The summed E-state index contributed by atoms with van der Waals surface area (Å²) in [6.07, 6.45) is 5.32. The van der Waals surface area contributed by atoms with E-state index in [9.17, 15) is 4.79 Å². The standard InChI is InChI=1S/C26H26N6O3/c1-15-13-32(7-8-34-14-15)17-5-6-22-21(9-17)30-26(35-22)20-12-29-24(27-2)19-11-28-23(10-18(19)20)31-25(33)16-3-4-16/h5-6,9-12,16H,1,3-4,7-8,13-14H2,2H3,(H,27,29)(H,28,31,33). The van der Waals surface area contributed by atoms with Crippen molar-refractivity contribution in [3.63, 3.8) is 0 Å². The number of oxazole rings is 1. The molecule has 2 N–H and O–H groups in total. The fourth-order valence-corrected chi connectivity index (χ4v) is 4.38. The molecular weight excluding hydrogens is 444 g/mol. The third-order valence-electron chi connectivity index (χ3n) is 6.40. The van der Waals surface area contributed by atoms with Gasteiger partial charge in [-0.05, 0) is 42.7 Å². The number of pyridine rings is 2. The second kappa shape index (κ2) is 8.66. The molecule has 1 amide bonds. The van der Waals surface area contributed by atoms with E-state index in [-0.39, 0.29) is 11.8 Å². The van der Waals surface area contributed by atoms with Gasteiger partial charge in [0, 0.05) is 54.9 Å². The number of nitrogens with one attached hydrogen (secondary N) is 2. The Balaban J connectivity index is 1.40. The zero-order chi connectivity index (χ0) is 23.9. The zero-order valence-corrected chi connectivity index (χ0v) is 19.5. The van der Waals surface area contributed by atoms with Crippen LogP contribution in [0, 0.1) is 5.92 Å². The Bertz CT molecular complexity index is 1460. The van der Waals surface area contributed by atoms with Crippen LogP contribution >= 0.6 is 0 Å². The molecule has 1 aromatic carbocycles. The molecule has 3 aromatic heterocycles. The molecule has 0 atom stereocenters. The first-order valence-electron chi connectivity index (χ1n) is 11.8. The number of hydrogen-bond acceptors (Lipinski definition) is 8. The van der Waals surface area contributed by atoms with Crippen LogP contribution in [0.4, 0.5) is 17.3 Å². The Morgan fingerprint density at radius 1 is 1.17 bits per heavy atom. The van der Waals surface area contributed by atoms with Gasteiger partial charge in [0.25, 0.3) is 0 Å². The summed E-state index contributed by atoms with van der Waals surface area (Å²) >= 11 is 0. The molecule has 9 nitrogen and oxygen atoms in total. The number of nitrogens with zero attached hydrogens (tertiary/aromatic N) is 4. The van der Waals surface area contributed by atoms with Crippen LogP contribution in [0.5, 0.6) is 0 Å². The van der Waals surface area contributed by atoms with Gasteiger partial charge in [0.1, 0.15) is 17.2 Å². The summed E-state index contributed by atoms with van der Waals surface area (Å²) < 4.78 is 11.8. The van der Waals surface area contributed by atoms with E-state index in [0.717, 1.165) is 59.0 Å². The van der Waals surface area contributed by atoms with Crippen LogP contribution in [0.1, 0.15) is 12.8 Å². The van der Waals surface area contributed by atoms with Crippen LogP contribution in [-0.4, -0.2) is 54.2 Å². The maximum Gasteiger partial charge on any atom is 0.229 e. The van der Waals surface area contributed by atoms with Crippen molar-refractivity contribution in [1.29, 1.82) is 0 Å². The van der Waals surface area contributed by atoms with E-state index in [1.54, 1.807) is 12.4 Å². The third kappa shape index (κ3) is 4.19. The van der Waals surface area contributed by atoms with Crippen LogP contribution in [0.15, 0.2) is 53.2 Å². The van der Waals surface area contributed by atoms with Gasteiger partial charge >= 0.3 is 0 Å². The number of hydrogen-bond donors (Lipinski definition) is 2. The van der Waals surface area contributed by atoms with Crippen LogP contribution in [-0.2, 0) is 9.53 Å². The van der Waals surface area contributed by atoms with Gasteiger partial charge < -0.3 is 24.7 Å². The summed E-state index contributed by atoms with van der Waals surface area (Å²) in [6, 6.07) is 7.86. The van der Waals surface area contributed by atoms with Crippen molar-refractivity contribution in [3.05, 3.63) is 48.8 Å². The van der Waals surface area contributed by atoms with E-state index in [1.807, 2.05) is 31.3 Å². The lowest BCUT2D eigenvalue weighted by Crippen LogP contribution is -2.26. The van der Waals surface area contributed by atoms with Crippen LogP contribution < -0.4 is 15.5 Å². The number of amides is 1. The first-order chi connectivity index (χ1) is 17.1. The molecule has 1 aliphatic heterocycles. The van der Waals surface area contributed by atoms with E-state index in [4.69, 9.17) is 14.1 Å². The maximum absolute atomic E-state index is 12.3. The van der Waals surface area contributed by atoms with Crippen LogP contribution in [0.3, 0.4) is 0 Å². The number of anilines is 3. The number of fused-ring (bicyclic) bond motifs is 2. The largest absolute Gasteiger partial charge is 0.436 e. The second-order valence-electron chi connectivity index (χ2n) is 9.04. The number of rotatable bonds is 5. The Hall–Kier alpha value is -3.98. The van der Waals surface area contributed by atoms with E-state index >= 15 is 0 Å². The molecule has 2 aliphatic rings. The topological polar surface area (TPSA) is 105 Å². The van der Waals surface area contributed by atoms with E-state index in [2.05, 4.69) is 32.1 Å². The minimum atomic E-state index is 0.0114. The predicted molar refractivity (Wildman–Crippen MR) is 136 cm³/mol. The second-order valence-corrected chi connectivity index (χ2v) is 9.04. The third-order valence-corrected chi connectivity index (χ3v) is 6.40. The summed E-state index contributed by atoms with van der Waals surface area (Å²) in [7, 11) is 1.81. The molecule has 1 aliphatic carbocycles. The first kappa shape index (κ1) is 21.5. The van der Waals surface area contributed by atoms with Gasteiger partial charge in [0.05, 0.1) is 18.8 Å². The molecule has 4 heterocycles.